The van der Waals surface area contributed by atoms with Crippen LogP contribution >= 0.6 is 0 Å². The van der Waals surface area contributed by atoms with Gasteiger partial charge < -0.3 is 16.0 Å². The summed E-state index contributed by atoms with van der Waals surface area (Å²) in [5.74, 6) is -0.0284. The Labute approximate surface area is 109 Å². The summed E-state index contributed by atoms with van der Waals surface area (Å²) in [7, 11) is 0. The average Bonchev–Trinajstić information content (AvgIpc) is 2.36. The van der Waals surface area contributed by atoms with Crippen LogP contribution in [0.25, 0.3) is 0 Å². The van der Waals surface area contributed by atoms with Gasteiger partial charge in [0.1, 0.15) is 0 Å². The van der Waals surface area contributed by atoms with Gasteiger partial charge in [0.25, 0.3) is 0 Å². The van der Waals surface area contributed by atoms with Crippen molar-refractivity contribution < 1.29 is 9.59 Å². The van der Waals surface area contributed by atoms with Crippen LogP contribution in [0.2, 0.25) is 0 Å². The second kappa shape index (κ2) is 7.36. The van der Waals surface area contributed by atoms with Gasteiger partial charge in [-0.2, -0.15) is 0 Å². The molecule has 5 heteroatoms. The first kappa shape index (κ1) is 15.0. The highest BCUT2D eigenvalue weighted by Gasteiger charge is 2.26. The van der Waals surface area contributed by atoms with Gasteiger partial charge >= 0.3 is 0 Å². The molecule has 2 atom stereocenters. The van der Waals surface area contributed by atoms with Crippen molar-refractivity contribution in [2.45, 2.75) is 45.6 Å². The molecular weight excluding hydrogens is 230 g/mol. The standard InChI is InChI=1S/C13H25N3O2/c1-3-10(2)7-13(18)16(9-12(14)17)11-5-4-6-15-8-11/h10-11,15H,3-9H2,1-2H3,(H2,14,17). The first-order valence-electron chi connectivity index (χ1n) is 6.83. The van der Waals surface area contributed by atoms with Gasteiger partial charge in [-0.15, -0.1) is 0 Å². The summed E-state index contributed by atoms with van der Waals surface area (Å²) in [6, 6.07) is 0.114. The van der Waals surface area contributed by atoms with Crippen molar-refractivity contribution in [2.24, 2.45) is 11.7 Å². The summed E-state index contributed by atoms with van der Waals surface area (Å²) in [5, 5.41) is 3.26. The van der Waals surface area contributed by atoms with E-state index in [1.165, 1.54) is 0 Å². The third kappa shape index (κ3) is 4.64. The van der Waals surface area contributed by atoms with Crippen LogP contribution in [0.3, 0.4) is 0 Å². The van der Waals surface area contributed by atoms with Gasteiger partial charge in [0.2, 0.25) is 11.8 Å². The van der Waals surface area contributed by atoms with Crippen LogP contribution in [-0.2, 0) is 9.59 Å². The minimum absolute atomic E-state index is 0.0433. The normalized spacial score (nSPS) is 21.3. The number of nitrogens with zero attached hydrogens (tertiary/aromatic N) is 1. The lowest BCUT2D eigenvalue weighted by atomic mass is 10.0. The number of hydrogen-bond acceptors (Lipinski definition) is 3. The fraction of sp³-hybridized carbons (Fsp3) is 0.846. The molecule has 1 heterocycles. The Kier molecular flexibility index (Phi) is 6.12. The van der Waals surface area contributed by atoms with E-state index in [2.05, 4.69) is 19.2 Å². The zero-order valence-corrected chi connectivity index (χ0v) is 11.4. The monoisotopic (exact) mass is 255 g/mol. The van der Waals surface area contributed by atoms with E-state index in [0.717, 1.165) is 32.4 Å². The minimum Gasteiger partial charge on any atom is -0.368 e. The van der Waals surface area contributed by atoms with E-state index in [1.54, 1.807) is 4.90 Å². The van der Waals surface area contributed by atoms with E-state index in [-0.39, 0.29) is 18.5 Å². The van der Waals surface area contributed by atoms with Crippen molar-refractivity contribution in [3.8, 4) is 0 Å². The van der Waals surface area contributed by atoms with Gasteiger partial charge in [0.05, 0.1) is 6.54 Å². The Morgan fingerprint density at radius 2 is 2.22 bits per heavy atom. The van der Waals surface area contributed by atoms with Crippen LogP contribution in [0.4, 0.5) is 0 Å². The molecule has 3 N–H and O–H groups in total. The van der Waals surface area contributed by atoms with Gasteiger partial charge in [0, 0.05) is 19.0 Å². The average molecular weight is 255 g/mol. The lowest BCUT2D eigenvalue weighted by Gasteiger charge is -2.34. The van der Waals surface area contributed by atoms with E-state index < -0.39 is 5.91 Å². The molecular formula is C13H25N3O2. The van der Waals surface area contributed by atoms with Crippen molar-refractivity contribution >= 4 is 11.8 Å². The summed E-state index contributed by atoms with van der Waals surface area (Å²) in [6.45, 7) is 5.92. The number of rotatable bonds is 6. The molecule has 1 aliphatic rings. The summed E-state index contributed by atoms with van der Waals surface area (Å²) in [5.41, 5.74) is 5.25. The highest BCUT2D eigenvalue weighted by Crippen LogP contribution is 2.15. The third-order valence-corrected chi connectivity index (χ3v) is 3.58. The molecule has 0 radical (unpaired) electrons. The zero-order chi connectivity index (χ0) is 13.5. The molecule has 1 aliphatic heterocycles. The maximum atomic E-state index is 12.2. The third-order valence-electron chi connectivity index (χ3n) is 3.58. The van der Waals surface area contributed by atoms with Gasteiger partial charge in [-0.25, -0.2) is 0 Å². The van der Waals surface area contributed by atoms with E-state index >= 15 is 0 Å². The Bertz CT molecular complexity index is 288. The van der Waals surface area contributed by atoms with Gasteiger partial charge in [0.15, 0.2) is 0 Å². The summed E-state index contributed by atoms with van der Waals surface area (Å²) >= 11 is 0. The Hall–Kier alpha value is -1.10. The van der Waals surface area contributed by atoms with Crippen LogP contribution < -0.4 is 11.1 Å². The molecule has 18 heavy (non-hydrogen) atoms. The number of piperidine rings is 1. The van der Waals surface area contributed by atoms with Crippen molar-refractivity contribution in [2.75, 3.05) is 19.6 Å². The highest BCUT2D eigenvalue weighted by atomic mass is 16.2. The second-order valence-electron chi connectivity index (χ2n) is 5.21. The quantitative estimate of drug-likeness (QED) is 0.725. The molecule has 0 aromatic carbocycles. The van der Waals surface area contributed by atoms with Gasteiger partial charge in [-0.05, 0) is 25.3 Å². The van der Waals surface area contributed by atoms with Crippen LogP contribution in [0.15, 0.2) is 0 Å². The fourth-order valence-corrected chi connectivity index (χ4v) is 2.25. The van der Waals surface area contributed by atoms with Crippen LogP contribution in [0.1, 0.15) is 39.5 Å². The first-order valence-corrected chi connectivity index (χ1v) is 6.83. The molecule has 2 amide bonds. The SMILES string of the molecule is CCC(C)CC(=O)N(CC(N)=O)C1CCCNC1. The van der Waals surface area contributed by atoms with Gasteiger partial charge in [-0.1, -0.05) is 20.3 Å². The molecule has 1 saturated heterocycles. The fourth-order valence-electron chi connectivity index (χ4n) is 2.25. The van der Waals surface area contributed by atoms with Crippen molar-refractivity contribution in [1.29, 1.82) is 0 Å². The summed E-state index contributed by atoms with van der Waals surface area (Å²) < 4.78 is 0. The number of carbonyl (C=O) groups is 2. The molecule has 0 aromatic rings. The molecule has 5 nitrogen and oxygen atoms in total. The van der Waals surface area contributed by atoms with E-state index in [1.807, 2.05) is 0 Å². The second-order valence-corrected chi connectivity index (χ2v) is 5.21. The molecule has 0 spiro atoms. The van der Waals surface area contributed by atoms with Gasteiger partial charge in [-0.3, -0.25) is 9.59 Å². The van der Waals surface area contributed by atoms with Crippen molar-refractivity contribution in [3.05, 3.63) is 0 Å². The maximum absolute atomic E-state index is 12.2. The Balaban J connectivity index is 2.63. The molecule has 0 saturated carbocycles. The predicted octanol–water partition coefficient (Wildman–Crippen LogP) is 0.489. The number of carbonyl (C=O) groups excluding carboxylic acids is 2. The topological polar surface area (TPSA) is 75.4 Å². The highest BCUT2D eigenvalue weighted by molar-refractivity contribution is 5.84. The molecule has 0 bridgehead atoms. The van der Waals surface area contributed by atoms with Crippen LogP contribution in [0, 0.1) is 5.92 Å². The number of amides is 2. The summed E-state index contributed by atoms with van der Waals surface area (Å²) in [6.07, 6.45) is 3.46. The molecule has 0 aromatic heterocycles. The number of hydrogen-bond donors (Lipinski definition) is 2. The molecule has 0 aliphatic carbocycles. The lowest BCUT2D eigenvalue weighted by Crippen LogP contribution is -2.51. The molecule has 1 rings (SSSR count). The van der Waals surface area contributed by atoms with E-state index in [0.29, 0.717) is 12.3 Å². The number of primary amides is 1. The van der Waals surface area contributed by atoms with E-state index in [4.69, 9.17) is 5.73 Å². The van der Waals surface area contributed by atoms with Crippen LogP contribution in [0.5, 0.6) is 0 Å². The predicted molar refractivity (Wildman–Crippen MR) is 70.9 cm³/mol. The molecule has 2 unspecified atom stereocenters. The Morgan fingerprint density at radius 1 is 1.50 bits per heavy atom. The Morgan fingerprint density at radius 3 is 2.72 bits per heavy atom. The lowest BCUT2D eigenvalue weighted by molar-refractivity contribution is -0.138. The number of nitrogens with two attached hydrogens (primary N) is 1. The minimum atomic E-state index is -0.432. The van der Waals surface area contributed by atoms with Crippen molar-refractivity contribution in [1.82, 2.24) is 10.2 Å². The molecule has 1 fully saturated rings. The van der Waals surface area contributed by atoms with Crippen molar-refractivity contribution in [3.63, 3.8) is 0 Å². The van der Waals surface area contributed by atoms with E-state index in [9.17, 15) is 9.59 Å². The van der Waals surface area contributed by atoms with Crippen LogP contribution in [-0.4, -0.2) is 42.4 Å². The largest absolute Gasteiger partial charge is 0.368 e. The first-order chi connectivity index (χ1) is 8.54. The molecule has 104 valence electrons. The maximum Gasteiger partial charge on any atom is 0.237 e. The zero-order valence-electron chi connectivity index (χ0n) is 11.4. The smallest absolute Gasteiger partial charge is 0.237 e. The summed E-state index contributed by atoms with van der Waals surface area (Å²) in [4.78, 5) is 25.0. The number of nitrogens with one attached hydrogen (secondary N) is 1.